The SMILES string of the molecule is COc1ccc(-n2cnnc2SCC(=O)NCc2ccc(Cn3cccn3)cc2)cc1. The van der Waals surface area contributed by atoms with Gasteiger partial charge in [0.15, 0.2) is 5.16 Å². The Hall–Kier alpha value is -3.59. The molecule has 0 aliphatic heterocycles. The summed E-state index contributed by atoms with van der Waals surface area (Å²) in [5.74, 6) is 0.974. The molecule has 9 heteroatoms. The van der Waals surface area contributed by atoms with Gasteiger partial charge in [-0.05, 0) is 41.5 Å². The van der Waals surface area contributed by atoms with Gasteiger partial charge in [-0.1, -0.05) is 36.0 Å². The van der Waals surface area contributed by atoms with Crippen molar-refractivity contribution >= 4 is 17.7 Å². The van der Waals surface area contributed by atoms with Gasteiger partial charge in [0, 0.05) is 24.6 Å². The van der Waals surface area contributed by atoms with Gasteiger partial charge < -0.3 is 10.1 Å². The molecule has 0 aliphatic rings. The number of hydrogen-bond acceptors (Lipinski definition) is 6. The molecule has 0 bridgehead atoms. The number of ether oxygens (including phenoxy) is 1. The summed E-state index contributed by atoms with van der Waals surface area (Å²) >= 11 is 1.34. The third-order valence-electron chi connectivity index (χ3n) is 4.62. The molecule has 0 unspecified atom stereocenters. The molecule has 4 aromatic rings. The van der Waals surface area contributed by atoms with Crippen LogP contribution in [-0.4, -0.2) is 43.3 Å². The predicted molar refractivity (Wildman–Crippen MR) is 118 cm³/mol. The topological polar surface area (TPSA) is 86.9 Å². The summed E-state index contributed by atoms with van der Waals surface area (Å²) in [6.07, 6.45) is 5.33. The van der Waals surface area contributed by atoms with Crippen molar-refractivity contribution in [2.75, 3.05) is 12.9 Å². The van der Waals surface area contributed by atoms with E-state index in [-0.39, 0.29) is 11.7 Å². The van der Waals surface area contributed by atoms with E-state index in [2.05, 4.69) is 32.7 Å². The number of carbonyl (C=O) groups is 1. The van der Waals surface area contributed by atoms with Gasteiger partial charge in [0.25, 0.3) is 0 Å². The van der Waals surface area contributed by atoms with Crippen LogP contribution in [0.1, 0.15) is 11.1 Å². The Morgan fingerprint density at radius 2 is 1.87 bits per heavy atom. The minimum Gasteiger partial charge on any atom is -0.497 e. The van der Waals surface area contributed by atoms with Crippen LogP contribution in [0.4, 0.5) is 0 Å². The normalized spacial score (nSPS) is 10.7. The number of hydrogen-bond donors (Lipinski definition) is 1. The highest BCUT2D eigenvalue weighted by molar-refractivity contribution is 7.99. The number of aromatic nitrogens is 5. The monoisotopic (exact) mass is 434 g/mol. The molecular weight excluding hydrogens is 412 g/mol. The van der Waals surface area contributed by atoms with Crippen molar-refractivity contribution in [3.63, 3.8) is 0 Å². The average molecular weight is 435 g/mol. The number of nitrogens with zero attached hydrogens (tertiary/aromatic N) is 5. The maximum absolute atomic E-state index is 12.3. The minimum absolute atomic E-state index is 0.0603. The third-order valence-corrected chi connectivity index (χ3v) is 5.56. The van der Waals surface area contributed by atoms with Crippen LogP contribution in [0.25, 0.3) is 5.69 Å². The van der Waals surface area contributed by atoms with E-state index in [0.29, 0.717) is 11.7 Å². The standard InChI is InChI=1S/C22H22N6O2S/c1-30-20-9-7-19(8-10-20)28-16-24-26-22(28)31-15-21(29)23-13-17-3-5-18(6-4-17)14-27-12-2-11-25-27/h2-12,16H,13-15H2,1H3,(H,23,29). The van der Waals surface area contributed by atoms with Crippen molar-refractivity contribution in [1.29, 1.82) is 0 Å². The van der Waals surface area contributed by atoms with Gasteiger partial charge in [-0.2, -0.15) is 5.10 Å². The molecule has 2 aromatic heterocycles. The highest BCUT2D eigenvalue weighted by Crippen LogP contribution is 2.21. The van der Waals surface area contributed by atoms with Gasteiger partial charge in [-0.25, -0.2) is 0 Å². The first kappa shape index (κ1) is 20.7. The van der Waals surface area contributed by atoms with Crippen molar-refractivity contribution < 1.29 is 9.53 Å². The van der Waals surface area contributed by atoms with E-state index in [1.165, 1.54) is 11.8 Å². The highest BCUT2D eigenvalue weighted by atomic mass is 32.2. The fraction of sp³-hybridized carbons (Fsp3) is 0.182. The van der Waals surface area contributed by atoms with Crippen molar-refractivity contribution in [2.24, 2.45) is 0 Å². The maximum atomic E-state index is 12.3. The quantitative estimate of drug-likeness (QED) is 0.408. The minimum atomic E-state index is -0.0603. The molecule has 0 atom stereocenters. The molecule has 0 saturated carbocycles. The molecular formula is C22H22N6O2S. The van der Waals surface area contributed by atoms with Crippen LogP contribution in [-0.2, 0) is 17.9 Å². The lowest BCUT2D eigenvalue weighted by Gasteiger charge is -2.08. The number of benzene rings is 2. The number of amides is 1. The fourth-order valence-corrected chi connectivity index (χ4v) is 3.73. The average Bonchev–Trinajstić information content (AvgIpc) is 3.49. The molecule has 0 fully saturated rings. The maximum Gasteiger partial charge on any atom is 0.230 e. The van der Waals surface area contributed by atoms with Gasteiger partial charge in [-0.15, -0.1) is 10.2 Å². The molecule has 4 rings (SSSR count). The first-order chi connectivity index (χ1) is 15.2. The van der Waals surface area contributed by atoms with E-state index in [1.54, 1.807) is 19.6 Å². The Bertz CT molecular complexity index is 1110. The molecule has 0 saturated heterocycles. The van der Waals surface area contributed by atoms with Crippen LogP contribution in [0.15, 0.2) is 78.5 Å². The lowest BCUT2D eigenvalue weighted by atomic mass is 10.1. The molecule has 0 radical (unpaired) electrons. The van der Waals surface area contributed by atoms with Crippen LogP contribution in [0.3, 0.4) is 0 Å². The van der Waals surface area contributed by atoms with E-state index in [0.717, 1.165) is 29.1 Å². The van der Waals surface area contributed by atoms with Crippen LogP contribution < -0.4 is 10.1 Å². The molecule has 158 valence electrons. The molecule has 1 N–H and O–H groups in total. The number of rotatable bonds is 9. The lowest BCUT2D eigenvalue weighted by Crippen LogP contribution is -2.24. The molecule has 1 amide bonds. The Labute approximate surface area is 184 Å². The number of nitrogens with one attached hydrogen (secondary N) is 1. The Balaban J connectivity index is 1.27. The van der Waals surface area contributed by atoms with Crippen molar-refractivity contribution in [3.05, 3.63) is 84.4 Å². The Morgan fingerprint density at radius 3 is 2.58 bits per heavy atom. The summed E-state index contributed by atoms with van der Waals surface area (Å²) in [7, 11) is 1.63. The zero-order chi connectivity index (χ0) is 21.5. The first-order valence-corrected chi connectivity index (χ1v) is 10.7. The van der Waals surface area contributed by atoms with E-state index < -0.39 is 0 Å². The van der Waals surface area contributed by atoms with E-state index in [9.17, 15) is 4.79 Å². The predicted octanol–water partition coefficient (Wildman–Crippen LogP) is 2.93. The van der Waals surface area contributed by atoms with Gasteiger partial charge >= 0.3 is 0 Å². The third kappa shape index (κ3) is 5.52. The van der Waals surface area contributed by atoms with Crippen molar-refractivity contribution in [2.45, 2.75) is 18.2 Å². The second kappa shape index (κ2) is 9.94. The Kier molecular flexibility index (Phi) is 6.63. The van der Waals surface area contributed by atoms with Gasteiger partial charge in [0.1, 0.15) is 12.1 Å². The van der Waals surface area contributed by atoms with E-state index in [4.69, 9.17) is 4.74 Å². The lowest BCUT2D eigenvalue weighted by molar-refractivity contribution is -0.118. The van der Waals surface area contributed by atoms with E-state index >= 15 is 0 Å². The molecule has 2 aromatic carbocycles. The largest absolute Gasteiger partial charge is 0.497 e. The molecule has 2 heterocycles. The summed E-state index contributed by atoms with van der Waals surface area (Å²) in [6.45, 7) is 1.21. The van der Waals surface area contributed by atoms with Gasteiger partial charge in [0.05, 0.1) is 19.4 Å². The van der Waals surface area contributed by atoms with Crippen LogP contribution in [0.2, 0.25) is 0 Å². The Morgan fingerprint density at radius 1 is 1.10 bits per heavy atom. The fourth-order valence-electron chi connectivity index (χ4n) is 2.97. The van der Waals surface area contributed by atoms with Crippen LogP contribution in [0.5, 0.6) is 5.75 Å². The highest BCUT2D eigenvalue weighted by Gasteiger charge is 2.10. The van der Waals surface area contributed by atoms with Crippen LogP contribution in [0, 0.1) is 0 Å². The zero-order valence-electron chi connectivity index (χ0n) is 17.0. The second-order valence-corrected chi connectivity index (χ2v) is 7.71. The summed E-state index contributed by atoms with van der Waals surface area (Å²) in [4.78, 5) is 12.3. The van der Waals surface area contributed by atoms with Gasteiger partial charge in [0.2, 0.25) is 5.91 Å². The molecule has 8 nitrogen and oxygen atoms in total. The summed E-state index contributed by atoms with van der Waals surface area (Å²) in [6, 6.07) is 17.6. The summed E-state index contributed by atoms with van der Waals surface area (Å²) in [5.41, 5.74) is 3.11. The number of thioether (sulfide) groups is 1. The van der Waals surface area contributed by atoms with Gasteiger partial charge in [-0.3, -0.25) is 14.0 Å². The molecule has 0 aliphatic carbocycles. The number of carbonyl (C=O) groups excluding carboxylic acids is 1. The smallest absolute Gasteiger partial charge is 0.230 e. The molecule has 31 heavy (non-hydrogen) atoms. The second-order valence-electron chi connectivity index (χ2n) is 6.77. The summed E-state index contributed by atoms with van der Waals surface area (Å²) < 4.78 is 8.90. The number of methoxy groups -OCH3 is 1. The van der Waals surface area contributed by atoms with Crippen LogP contribution >= 0.6 is 11.8 Å². The van der Waals surface area contributed by atoms with Crippen molar-refractivity contribution in [3.8, 4) is 11.4 Å². The van der Waals surface area contributed by atoms with E-state index in [1.807, 2.05) is 57.9 Å². The summed E-state index contributed by atoms with van der Waals surface area (Å²) in [5, 5.41) is 15.9. The zero-order valence-corrected chi connectivity index (χ0v) is 17.8. The molecule has 0 spiro atoms. The van der Waals surface area contributed by atoms with Crippen molar-refractivity contribution in [1.82, 2.24) is 29.9 Å². The first-order valence-electron chi connectivity index (χ1n) is 9.70.